The van der Waals surface area contributed by atoms with Gasteiger partial charge in [0.15, 0.2) is 0 Å². The van der Waals surface area contributed by atoms with Crippen molar-refractivity contribution >= 4 is 17.6 Å². The molecule has 0 saturated heterocycles. The lowest BCUT2D eigenvalue weighted by Crippen LogP contribution is -2.42. The van der Waals surface area contributed by atoms with Gasteiger partial charge in [0.2, 0.25) is 0 Å². The molecule has 0 aliphatic carbocycles. The van der Waals surface area contributed by atoms with Crippen LogP contribution in [0, 0.1) is 0 Å². The molecule has 1 aromatic carbocycles. The second kappa shape index (κ2) is 8.53. The van der Waals surface area contributed by atoms with Crippen LogP contribution in [0.15, 0.2) is 18.2 Å². The van der Waals surface area contributed by atoms with E-state index in [0.29, 0.717) is 24.5 Å². The molecule has 6 nitrogen and oxygen atoms in total. The number of amides is 1. The first-order chi connectivity index (χ1) is 10.9. The van der Waals surface area contributed by atoms with Crippen molar-refractivity contribution in [2.45, 2.75) is 39.2 Å². The molecule has 128 valence electrons. The summed E-state index contributed by atoms with van der Waals surface area (Å²) in [5.74, 6) is -0.391. The molecule has 0 bridgehead atoms. The number of esters is 1. The average molecular weight is 323 g/mol. The highest BCUT2D eigenvalue weighted by atomic mass is 16.5. The molecule has 1 amide bonds. The lowest BCUT2D eigenvalue weighted by atomic mass is 9.99. The second-order valence-electron chi connectivity index (χ2n) is 5.27. The summed E-state index contributed by atoms with van der Waals surface area (Å²) in [5.41, 5.74) is -0.172. The van der Waals surface area contributed by atoms with Crippen LogP contribution in [-0.4, -0.2) is 38.3 Å². The van der Waals surface area contributed by atoms with Crippen LogP contribution in [0.1, 0.15) is 44.0 Å². The Morgan fingerprint density at radius 2 is 1.91 bits per heavy atom. The van der Waals surface area contributed by atoms with Gasteiger partial charge in [-0.25, -0.2) is 4.79 Å². The molecule has 0 aromatic heterocycles. The Labute approximate surface area is 137 Å². The summed E-state index contributed by atoms with van der Waals surface area (Å²) >= 11 is 0. The van der Waals surface area contributed by atoms with E-state index in [1.165, 1.54) is 20.3 Å². The van der Waals surface area contributed by atoms with Gasteiger partial charge >= 0.3 is 5.97 Å². The number of rotatable bonds is 8. The Balaban J connectivity index is 3.03. The van der Waals surface area contributed by atoms with Crippen LogP contribution >= 0.6 is 0 Å². The van der Waals surface area contributed by atoms with E-state index >= 15 is 0 Å². The fraction of sp³-hybridized carbons (Fsp3) is 0.529. The molecule has 0 unspecified atom stereocenters. The SMILES string of the molecule is CCC[C@@](C)(OCC)C(=O)Nc1ccc(OC)c(C(=O)OC)c1. The molecule has 23 heavy (non-hydrogen) atoms. The van der Waals surface area contributed by atoms with Crippen molar-refractivity contribution in [2.75, 3.05) is 26.1 Å². The summed E-state index contributed by atoms with van der Waals surface area (Å²) in [6.07, 6.45) is 1.42. The number of benzene rings is 1. The van der Waals surface area contributed by atoms with Crippen molar-refractivity contribution in [2.24, 2.45) is 0 Å². The van der Waals surface area contributed by atoms with Gasteiger partial charge in [-0.1, -0.05) is 13.3 Å². The Morgan fingerprint density at radius 1 is 1.22 bits per heavy atom. The first-order valence-corrected chi connectivity index (χ1v) is 7.63. The predicted molar refractivity (Wildman–Crippen MR) is 87.9 cm³/mol. The van der Waals surface area contributed by atoms with Gasteiger partial charge in [0.25, 0.3) is 5.91 Å². The largest absolute Gasteiger partial charge is 0.496 e. The molecule has 0 aliphatic rings. The number of nitrogens with one attached hydrogen (secondary N) is 1. The van der Waals surface area contributed by atoms with Gasteiger partial charge in [-0.15, -0.1) is 0 Å². The van der Waals surface area contributed by atoms with Gasteiger partial charge in [0.1, 0.15) is 16.9 Å². The zero-order chi connectivity index (χ0) is 17.5. The van der Waals surface area contributed by atoms with E-state index < -0.39 is 11.6 Å². The highest BCUT2D eigenvalue weighted by Crippen LogP contribution is 2.25. The maximum atomic E-state index is 12.5. The first-order valence-electron chi connectivity index (χ1n) is 7.63. The summed E-state index contributed by atoms with van der Waals surface area (Å²) in [4.78, 5) is 24.3. The van der Waals surface area contributed by atoms with Crippen molar-refractivity contribution in [3.05, 3.63) is 23.8 Å². The standard InChI is InChI=1S/C17H25NO5/c1-6-10-17(3,23-7-2)16(20)18-12-8-9-14(21-4)13(11-12)15(19)22-5/h8-9,11H,6-7,10H2,1-5H3,(H,18,20)/t17-/m1/s1. The maximum absolute atomic E-state index is 12.5. The summed E-state index contributed by atoms with van der Waals surface area (Å²) in [6.45, 7) is 6.05. The molecule has 1 rings (SSSR count). The minimum Gasteiger partial charge on any atom is -0.496 e. The van der Waals surface area contributed by atoms with E-state index in [0.717, 1.165) is 6.42 Å². The van der Waals surface area contributed by atoms with Gasteiger partial charge < -0.3 is 19.5 Å². The van der Waals surface area contributed by atoms with E-state index in [4.69, 9.17) is 14.2 Å². The van der Waals surface area contributed by atoms with E-state index in [-0.39, 0.29) is 11.5 Å². The van der Waals surface area contributed by atoms with Crippen LogP contribution in [0.4, 0.5) is 5.69 Å². The van der Waals surface area contributed by atoms with Crippen LogP contribution in [0.5, 0.6) is 5.75 Å². The average Bonchev–Trinajstić information content (AvgIpc) is 2.54. The van der Waals surface area contributed by atoms with Crippen molar-refractivity contribution in [3.63, 3.8) is 0 Å². The lowest BCUT2D eigenvalue weighted by Gasteiger charge is -2.28. The van der Waals surface area contributed by atoms with Crippen molar-refractivity contribution < 1.29 is 23.8 Å². The molecule has 0 fully saturated rings. The molecule has 0 heterocycles. The lowest BCUT2D eigenvalue weighted by molar-refractivity contribution is -0.139. The molecule has 1 atom stereocenters. The number of carbonyl (C=O) groups is 2. The number of methoxy groups -OCH3 is 2. The van der Waals surface area contributed by atoms with E-state index in [9.17, 15) is 9.59 Å². The zero-order valence-electron chi connectivity index (χ0n) is 14.4. The minimum atomic E-state index is -0.908. The number of ether oxygens (including phenoxy) is 3. The Morgan fingerprint density at radius 3 is 2.43 bits per heavy atom. The Hall–Kier alpha value is -2.08. The molecule has 1 aromatic rings. The van der Waals surface area contributed by atoms with Gasteiger partial charge in [-0.05, 0) is 38.5 Å². The highest BCUT2D eigenvalue weighted by molar-refractivity contribution is 5.99. The third kappa shape index (κ3) is 4.69. The van der Waals surface area contributed by atoms with Crippen LogP contribution in [0.25, 0.3) is 0 Å². The monoisotopic (exact) mass is 323 g/mol. The number of anilines is 1. The molecule has 0 spiro atoms. The van der Waals surface area contributed by atoms with Crippen LogP contribution in [0.3, 0.4) is 0 Å². The molecule has 0 saturated carbocycles. The number of hydrogen-bond donors (Lipinski definition) is 1. The zero-order valence-corrected chi connectivity index (χ0v) is 14.4. The maximum Gasteiger partial charge on any atom is 0.341 e. The summed E-state index contributed by atoms with van der Waals surface area (Å²) in [7, 11) is 2.76. The van der Waals surface area contributed by atoms with E-state index in [1.807, 2.05) is 13.8 Å². The Bertz CT molecular complexity index is 550. The van der Waals surface area contributed by atoms with Gasteiger partial charge in [0, 0.05) is 12.3 Å². The number of hydrogen-bond acceptors (Lipinski definition) is 5. The third-order valence-corrected chi connectivity index (χ3v) is 3.53. The Kier molecular flexibility index (Phi) is 7.03. The quantitative estimate of drug-likeness (QED) is 0.744. The summed E-state index contributed by atoms with van der Waals surface area (Å²) in [5, 5.41) is 2.80. The van der Waals surface area contributed by atoms with Crippen molar-refractivity contribution in [1.82, 2.24) is 0 Å². The number of carbonyl (C=O) groups excluding carboxylic acids is 2. The van der Waals surface area contributed by atoms with Crippen molar-refractivity contribution in [3.8, 4) is 5.75 Å². The fourth-order valence-electron chi connectivity index (χ4n) is 2.37. The summed E-state index contributed by atoms with van der Waals surface area (Å²) < 4.78 is 15.5. The topological polar surface area (TPSA) is 73.9 Å². The van der Waals surface area contributed by atoms with Crippen LogP contribution < -0.4 is 10.1 Å². The molecular formula is C17H25NO5. The highest BCUT2D eigenvalue weighted by Gasteiger charge is 2.33. The molecular weight excluding hydrogens is 298 g/mol. The van der Waals surface area contributed by atoms with E-state index in [2.05, 4.69) is 5.32 Å². The normalized spacial score (nSPS) is 13.1. The predicted octanol–water partition coefficient (Wildman–Crippen LogP) is 3.02. The second-order valence-corrected chi connectivity index (χ2v) is 5.27. The summed E-state index contributed by atoms with van der Waals surface area (Å²) in [6, 6.07) is 4.81. The molecule has 0 radical (unpaired) electrons. The smallest absolute Gasteiger partial charge is 0.341 e. The minimum absolute atomic E-state index is 0.248. The van der Waals surface area contributed by atoms with Gasteiger partial charge in [0.05, 0.1) is 14.2 Å². The molecule has 6 heteroatoms. The molecule has 1 N–H and O–H groups in total. The fourth-order valence-corrected chi connectivity index (χ4v) is 2.37. The molecule has 0 aliphatic heterocycles. The van der Waals surface area contributed by atoms with Gasteiger partial charge in [-0.3, -0.25) is 4.79 Å². The van der Waals surface area contributed by atoms with Gasteiger partial charge in [-0.2, -0.15) is 0 Å². The third-order valence-electron chi connectivity index (χ3n) is 3.53. The first kappa shape index (κ1) is 19.0. The van der Waals surface area contributed by atoms with Crippen molar-refractivity contribution in [1.29, 1.82) is 0 Å². The van der Waals surface area contributed by atoms with Crippen LogP contribution in [0.2, 0.25) is 0 Å². The van der Waals surface area contributed by atoms with E-state index in [1.54, 1.807) is 19.1 Å². The van der Waals surface area contributed by atoms with Crippen LogP contribution in [-0.2, 0) is 14.3 Å².